The van der Waals surface area contributed by atoms with Gasteiger partial charge in [0, 0.05) is 43.4 Å². The van der Waals surface area contributed by atoms with Gasteiger partial charge in [-0.2, -0.15) is 0 Å². The molecule has 164 valence electrons. The molecule has 32 heavy (non-hydrogen) atoms. The normalized spacial score (nSPS) is 13.4. The predicted octanol–water partition coefficient (Wildman–Crippen LogP) is 1.55. The molecular weight excluding hydrogens is 408 g/mol. The maximum absolute atomic E-state index is 12.3. The lowest BCUT2D eigenvalue weighted by molar-refractivity contribution is -0.120. The molecule has 0 saturated carbocycles. The number of rotatable bonds is 6. The lowest BCUT2D eigenvalue weighted by atomic mass is 10.2. The molecule has 0 unspecified atom stereocenters. The van der Waals surface area contributed by atoms with Gasteiger partial charge in [-0.25, -0.2) is 14.6 Å². The molecule has 9 nitrogen and oxygen atoms in total. The van der Waals surface area contributed by atoms with E-state index in [-0.39, 0.29) is 17.6 Å². The first-order chi connectivity index (χ1) is 15.6. The van der Waals surface area contributed by atoms with Crippen molar-refractivity contribution >= 4 is 23.3 Å². The summed E-state index contributed by atoms with van der Waals surface area (Å²) in [7, 11) is 0. The second kappa shape index (κ2) is 9.78. The standard InChI is InChI=1S/C23H24N6O3/c30-21-16-28(12-10-24-21)20-7-5-17(6-8-20)14-26-22(31)27-19-4-1-3-18(13-19)15-29-11-2-9-25-23(29)32/h1-9,11,13H,10,12,14-16H2,(H,24,30)(H2,26,27,31). The average molecular weight is 432 g/mol. The summed E-state index contributed by atoms with van der Waals surface area (Å²) in [4.78, 5) is 41.4. The van der Waals surface area contributed by atoms with Crippen LogP contribution in [0, 0.1) is 0 Å². The fourth-order valence-corrected chi connectivity index (χ4v) is 3.49. The number of hydrogen-bond acceptors (Lipinski definition) is 5. The third-order valence-corrected chi connectivity index (χ3v) is 5.11. The summed E-state index contributed by atoms with van der Waals surface area (Å²) in [5.74, 6) is 0.0234. The van der Waals surface area contributed by atoms with Crippen molar-refractivity contribution in [3.63, 3.8) is 0 Å². The summed E-state index contributed by atoms with van der Waals surface area (Å²) in [6.45, 7) is 2.52. The van der Waals surface area contributed by atoms with E-state index in [2.05, 4.69) is 20.9 Å². The van der Waals surface area contributed by atoms with Crippen molar-refractivity contribution < 1.29 is 9.59 Å². The van der Waals surface area contributed by atoms with E-state index in [1.165, 1.54) is 10.8 Å². The highest BCUT2D eigenvalue weighted by atomic mass is 16.2. The molecule has 2 aromatic carbocycles. The first kappa shape index (κ1) is 21.1. The Kier molecular flexibility index (Phi) is 6.45. The molecule has 0 aliphatic carbocycles. The third kappa shape index (κ3) is 5.51. The molecular formula is C23H24N6O3. The minimum atomic E-state index is -0.322. The number of anilines is 2. The Hall–Kier alpha value is -4.14. The first-order valence-electron chi connectivity index (χ1n) is 10.3. The molecule has 1 saturated heterocycles. The topological polar surface area (TPSA) is 108 Å². The monoisotopic (exact) mass is 432 g/mol. The van der Waals surface area contributed by atoms with E-state index in [1.54, 1.807) is 18.3 Å². The van der Waals surface area contributed by atoms with Gasteiger partial charge in [0.05, 0.1) is 13.1 Å². The number of benzene rings is 2. The Morgan fingerprint density at radius 1 is 1.06 bits per heavy atom. The number of carbonyl (C=O) groups is 2. The van der Waals surface area contributed by atoms with Crippen molar-refractivity contribution in [3.05, 3.63) is 88.6 Å². The Bertz CT molecular complexity index is 1160. The minimum absolute atomic E-state index is 0.0234. The van der Waals surface area contributed by atoms with Crippen molar-refractivity contribution in [2.45, 2.75) is 13.1 Å². The number of piperazine rings is 1. The van der Waals surface area contributed by atoms with Crippen molar-refractivity contribution in [2.24, 2.45) is 0 Å². The van der Waals surface area contributed by atoms with Crippen molar-refractivity contribution in [3.8, 4) is 0 Å². The highest BCUT2D eigenvalue weighted by Gasteiger charge is 2.16. The zero-order valence-electron chi connectivity index (χ0n) is 17.5. The van der Waals surface area contributed by atoms with Gasteiger partial charge in [-0.3, -0.25) is 9.36 Å². The summed E-state index contributed by atoms with van der Waals surface area (Å²) in [6.07, 6.45) is 3.13. The van der Waals surface area contributed by atoms with E-state index >= 15 is 0 Å². The maximum atomic E-state index is 12.3. The lowest BCUT2D eigenvalue weighted by Crippen LogP contribution is -2.47. The first-order valence-corrected chi connectivity index (χ1v) is 10.3. The van der Waals surface area contributed by atoms with Crippen molar-refractivity contribution in [1.29, 1.82) is 0 Å². The van der Waals surface area contributed by atoms with Crippen LogP contribution in [0.3, 0.4) is 0 Å². The zero-order chi connectivity index (χ0) is 22.3. The van der Waals surface area contributed by atoms with Gasteiger partial charge in [0.2, 0.25) is 5.91 Å². The number of nitrogens with zero attached hydrogens (tertiary/aromatic N) is 3. The minimum Gasteiger partial charge on any atom is -0.360 e. The molecule has 0 atom stereocenters. The smallest absolute Gasteiger partial charge is 0.347 e. The van der Waals surface area contributed by atoms with Crippen LogP contribution in [0.25, 0.3) is 0 Å². The summed E-state index contributed by atoms with van der Waals surface area (Å²) in [5.41, 5.74) is 3.13. The Labute approximate surface area is 185 Å². The van der Waals surface area contributed by atoms with E-state index in [9.17, 15) is 14.4 Å². The summed E-state index contributed by atoms with van der Waals surface area (Å²) in [5, 5.41) is 8.46. The quantitative estimate of drug-likeness (QED) is 0.548. The molecule has 3 amide bonds. The van der Waals surface area contributed by atoms with Crippen LogP contribution in [0.2, 0.25) is 0 Å². The Balaban J connectivity index is 1.30. The average Bonchev–Trinajstić information content (AvgIpc) is 2.80. The molecule has 4 rings (SSSR count). The zero-order valence-corrected chi connectivity index (χ0v) is 17.5. The van der Waals surface area contributed by atoms with Gasteiger partial charge in [-0.15, -0.1) is 0 Å². The van der Waals surface area contributed by atoms with Gasteiger partial charge in [-0.1, -0.05) is 24.3 Å². The van der Waals surface area contributed by atoms with Crippen LogP contribution < -0.4 is 26.5 Å². The summed E-state index contributed by atoms with van der Waals surface area (Å²) >= 11 is 0. The Morgan fingerprint density at radius 2 is 1.91 bits per heavy atom. The van der Waals surface area contributed by atoms with Crippen LogP contribution >= 0.6 is 0 Å². The molecule has 2 heterocycles. The van der Waals surface area contributed by atoms with Crippen LogP contribution in [0.4, 0.5) is 16.2 Å². The van der Waals surface area contributed by atoms with Gasteiger partial charge in [0.15, 0.2) is 0 Å². The molecule has 1 aliphatic rings. The van der Waals surface area contributed by atoms with Crippen LogP contribution in [0.15, 0.2) is 71.8 Å². The predicted molar refractivity (Wildman–Crippen MR) is 122 cm³/mol. The van der Waals surface area contributed by atoms with Gasteiger partial charge in [0.25, 0.3) is 0 Å². The fraction of sp³-hybridized carbons (Fsp3) is 0.217. The van der Waals surface area contributed by atoms with Crippen LogP contribution in [0.1, 0.15) is 11.1 Å². The highest BCUT2D eigenvalue weighted by Crippen LogP contribution is 2.16. The van der Waals surface area contributed by atoms with Gasteiger partial charge in [0.1, 0.15) is 0 Å². The highest BCUT2D eigenvalue weighted by molar-refractivity contribution is 5.89. The number of aromatic nitrogens is 2. The van der Waals surface area contributed by atoms with E-state index in [1.807, 2.05) is 47.4 Å². The number of nitrogens with one attached hydrogen (secondary N) is 3. The van der Waals surface area contributed by atoms with Crippen molar-refractivity contribution in [2.75, 3.05) is 29.9 Å². The largest absolute Gasteiger partial charge is 0.360 e. The van der Waals surface area contributed by atoms with Crippen LogP contribution in [-0.4, -0.2) is 41.1 Å². The second-order valence-electron chi connectivity index (χ2n) is 7.48. The van der Waals surface area contributed by atoms with Gasteiger partial charge < -0.3 is 20.9 Å². The molecule has 0 radical (unpaired) electrons. The van der Waals surface area contributed by atoms with E-state index in [0.29, 0.717) is 31.9 Å². The molecule has 1 aliphatic heterocycles. The van der Waals surface area contributed by atoms with Crippen LogP contribution in [-0.2, 0) is 17.9 Å². The lowest BCUT2D eigenvalue weighted by Gasteiger charge is -2.28. The Morgan fingerprint density at radius 3 is 2.69 bits per heavy atom. The maximum Gasteiger partial charge on any atom is 0.347 e. The fourth-order valence-electron chi connectivity index (χ4n) is 3.49. The van der Waals surface area contributed by atoms with Crippen molar-refractivity contribution in [1.82, 2.24) is 20.2 Å². The van der Waals surface area contributed by atoms with Gasteiger partial charge >= 0.3 is 11.7 Å². The molecule has 1 aromatic heterocycles. The molecule has 0 bridgehead atoms. The van der Waals surface area contributed by atoms with Crippen LogP contribution in [0.5, 0.6) is 0 Å². The number of amides is 3. The number of urea groups is 1. The number of hydrogen-bond donors (Lipinski definition) is 3. The van der Waals surface area contributed by atoms with Gasteiger partial charge in [-0.05, 0) is 41.5 Å². The third-order valence-electron chi connectivity index (χ3n) is 5.11. The molecule has 3 N–H and O–H groups in total. The summed E-state index contributed by atoms with van der Waals surface area (Å²) < 4.78 is 1.50. The number of carbonyl (C=O) groups excluding carboxylic acids is 2. The van der Waals surface area contributed by atoms with E-state index < -0.39 is 0 Å². The SMILES string of the molecule is O=C1CN(c2ccc(CNC(=O)Nc3cccc(Cn4cccnc4=O)c3)cc2)CCN1. The molecule has 1 fully saturated rings. The second-order valence-corrected chi connectivity index (χ2v) is 7.48. The van der Waals surface area contributed by atoms with E-state index in [4.69, 9.17) is 0 Å². The molecule has 9 heteroatoms. The molecule has 3 aromatic rings. The molecule has 0 spiro atoms. The summed E-state index contributed by atoms with van der Waals surface area (Å²) in [6, 6.07) is 16.5. The van der Waals surface area contributed by atoms with E-state index in [0.717, 1.165) is 23.4 Å².